The molecule has 130 heavy (non-hydrogen) atoms. The van der Waals surface area contributed by atoms with Crippen LogP contribution in [0.5, 0.6) is 0 Å². The van der Waals surface area contributed by atoms with Crippen LogP contribution in [0.1, 0.15) is 44.5 Å². The molecular weight excluding hydrogens is 1760 g/mol. The number of hydrogen-bond donors (Lipinski definition) is 10. The number of aromatic amines is 5. The molecule has 0 aliphatic rings. The second kappa shape index (κ2) is 38.0. The molecule has 0 atom stereocenters. The Balaban J connectivity index is 0.000000119. The van der Waals surface area contributed by atoms with Crippen molar-refractivity contribution in [3.63, 3.8) is 0 Å². The van der Waals surface area contributed by atoms with E-state index in [2.05, 4.69) is 151 Å². The average molecular weight is 1830 g/mol. The van der Waals surface area contributed by atoms with Crippen molar-refractivity contribution in [1.82, 2.24) is 95.8 Å². The van der Waals surface area contributed by atoms with E-state index < -0.39 is 35.0 Å². The van der Waals surface area contributed by atoms with E-state index in [1.807, 2.05) is 150 Å². The molecule has 650 valence electrons. The van der Waals surface area contributed by atoms with Gasteiger partial charge in [-0.05, 0) is 202 Å². The minimum Gasteiger partial charge on any atom is -0.340 e. The van der Waals surface area contributed by atoms with Gasteiger partial charge in [-0.2, -0.15) is 38.7 Å². The van der Waals surface area contributed by atoms with Crippen LogP contribution < -0.4 is 26.6 Å². The summed E-state index contributed by atoms with van der Waals surface area (Å²) in [4.78, 5) is 37.9. The van der Waals surface area contributed by atoms with E-state index in [-0.39, 0.29) is 39.2 Å². The summed E-state index contributed by atoms with van der Waals surface area (Å²) in [7, 11) is 0. The minimum atomic E-state index is -4.60. The van der Waals surface area contributed by atoms with Gasteiger partial charge in [0, 0.05) is 48.0 Å². The Morgan fingerprint density at radius 1 is 0.300 bits per heavy atom. The van der Waals surface area contributed by atoms with Crippen molar-refractivity contribution in [2.24, 2.45) is 0 Å². The molecule has 0 saturated carbocycles. The number of anilines is 10. The summed E-state index contributed by atoms with van der Waals surface area (Å²) in [6.07, 6.45) is 0.962. The normalized spacial score (nSPS) is 11.2. The topological polar surface area (TPSA) is 320 Å². The minimum absolute atomic E-state index is 0.0380. The number of halogens is 12. The van der Waals surface area contributed by atoms with Crippen molar-refractivity contribution in [3.8, 4) is 56.2 Å². The molecule has 14 heterocycles. The molecule has 10 N–H and O–H groups in total. The molecule has 0 saturated heterocycles. The molecule has 24 nitrogen and oxygen atoms in total. The molecule has 0 aliphatic carbocycles. The summed E-state index contributed by atoms with van der Waals surface area (Å²) >= 11 is 25.0. The van der Waals surface area contributed by atoms with Crippen molar-refractivity contribution < 1.29 is 35.1 Å². The van der Waals surface area contributed by atoms with Crippen LogP contribution in [0.25, 0.3) is 111 Å². The summed E-state index contributed by atoms with van der Waals surface area (Å²) in [5.41, 5.74) is 17.1. The van der Waals surface area contributed by atoms with Crippen LogP contribution >= 0.6 is 46.4 Å². The van der Waals surface area contributed by atoms with E-state index in [0.29, 0.717) is 105 Å². The molecular formula is C94H70Cl4F8N24. The summed E-state index contributed by atoms with van der Waals surface area (Å²) in [6.45, 7) is 14.2. The van der Waals surface area contributed by atoms with Crippen LogP contribution in [0, 0.1) is 77.6 Å². The summed E-state index contributed by atoms with van der Waals surface area (Å²) in [5, 5.41) is 54.5. The maximum atomic E-state index is 13.5. The molecule has 0 amide bonds. The van der Waals surface area contributed by atoms with Gasteiger partial charge in [-0.15, -0.1) is 0 Å². The number of nitrogens with zero attached hydrogens (tertiary/aromatic N) is 14. The Morgan fingerprint density at radius 3 is 1.06 bits per heavy atom. The zero-order chi connectivity index (χ0) is 91.2. The van der Waals surface area contributed by atoms with Gasteiger partial charge in [0.1, 0.15) is 81.4 Å². The first-order chi connectivity index (χ1) is 62.6. The lowest BCUT2D eigenvalue weighted by Gasteiger charge is -2.13. The van der Waals surface area contributed by atoms with E-state index in [0.717, 1.165) is 128 Å². The summed E-state index contributed by atoms with van der Waals surface area (Å²) in [6, 6.07) is 59.8. The quantitative estimate of drug-likeness (QED) is 0.0426. The van der Waals surface area contributed by atoms with Crippen LogP contribution in [0.2, 0.25) is 20.1 Å². The maximum Gasteiger partial charge on any atom is 0.416 e. The van der Waals surface area contributed by atoms with Gasteiger partial charge < -0.3 is 26.6 Å². The van der Waals surface area contributed by atoms with Gasteiger partial charge >= 0.3 is 6.18 Å². The third kappa shape index (κ3) is 20.0. The predicted octanol–water partition coefficient (Wildman–Crippen LogP) is 25.9. The smallest absolute Gasteiger partial charge is 0.340 e. The van der Waals surface area contributed by atoms with Gasteiger partial charge in [-0.3, -0.25) is 25.5 Å². The van der Waals surface area contributed by atoms with E-state index in [4.69, 9.17) is 56.4 Å². The highest BCUT2D eigenvalue weighted by Crippen LogP contribution is 2.41. The molecule has 0 fully saturated rings. The van der Waals surface area contributed by atoms with Crippen molar-refractivity contribution in [1.29, 1.82) is 0 Å². The predicted molar refractivity (Wildman–Crippen MR) is 494 cm³/mol. The number of H-pyrrole nitrogens is 5. The molecule has 0 spiro atoms. The Kier molecular flexibility index (Phi) is 25.8. The molecule has 0 unspecified atom stereocenters. The average Bonchev–Trinajstić information content (AvgIpc) is 1.38. The number of aryl methyl sites for hydroxylation is 4. The fraction of sp³-hybridized carbons (Fsp3) is 0.0851. The molecule has 0 radical (unpaired) electrons. The van der Waals surface area contributed by atoms with Crippen molar-refractivity contribution in [2.45, 2.75) is 54.6 Å². The zero-order valence-corrected chi connectivity index (χ0v) is 72.3. The monoisotopic (exact) mass is 1830 g/mol. The summed E-state index contributed by atoms with van der Waals surface area (Å²) < 4.78 is 108. The standard InChI is InChI=1S/C20H17FN4.2C19H15ClFN5.C18H10ClF4N5.C18H13ClFN5/c1-12-8-16(10-17(13(12)2)14-6-4-3-5-7-14)23-20-18-9-15(21)11-22-19(18)24-25-20;1-10-7-16(23-17(11(10)2)13-5-3-4-6-15(13)20)24-19-14-8-12(21)9-22-18(14)25-26-19;1-10-7-16(13-5-3-4-6-15(13)20)23-17(11(10)2)24-19-14-8-12(21)9-22-18(14)25-26-19;19-13-4-2-1-3-11(13)14-5-9(18(21,22)23)6-15(25-14)26-17-12-7-10(20)8-24-16(12)27-28-17;1-10-6-15(12-4-2-3-5-14(12)19)22-16(7-10)23-18-13-8-11(20)9-21-17(13)24-25-18/h3-11H,1-2H3,(H2,22,23,24,25);2*3-9H,1-2H3,(H2,22,23,24,25,26);1-8H,(H2,24,25,26,27,28);2-9H,1H3,(H2,21,22,23,24,25). The fourth-order valence-corrected chi connectivity index (χ4v) is 14.8. The van der Waals surface area contributed by atoms with Gasteiger partial charge in [-0.25, -0.2) is 66.8 Å². The number of rotatable bonds is 15. The lowest BCUT2D eigenvalue weighted by atomic mass is 9.96. The molecule has 0 bridgehead atoms. The Labute approximate surface area is 754 Å². The van der Waals surface area contributed by atoms with Crippen LogP contribution in [-0.2, 0) is 6.18 Å². The molecule has 20 rings (SSSR count). The van der Waals surface area contributed by atoms with Gasteiger partial charge in [0.25, 0.3) is 0 Å². The molecule has 6 aromatic carbocycles. The fourth-order valence-electron chi connectivity index (χ4n) is 13.8. The molecule has 20 aromatic rings. The number of aromatic nitrogens is 19. The van der Waals surface area contributed by atoms with Gasteiger partial charge in [0.2, 0.25) is 0 Å². The van der Waals surface area contributed by atoms with E-state index >= 15 is 0 Å². The molecule has 36 heteroatoms. The molecule has 0 aliphatic heterocycles. The van der Waals surface area contributed by atoms with Crippen molar-refractivity contribution in [2.75, 3.05) is 26.6 Å². The largest absolute Gasteiger partial charge is 0.416 e. The lowest BCUT2D eigenvalue weighted by molar-refractivity contribution is -0.137. The number of nitrogens with one attached hydrogen (secondary N) is 10. The van der Waals surface area contributed by atoms with Crippen molar-refractivity contribution >= 4 is 160 Å². The Hall–Kier alpha value is -15.4. The third-order valence-electron chi connectivity index (χ3n) is 20.7. The highest BCUT2D eigenvalue weighted by atomic mass is 35.5. The zero-order valence-electron chi connectivity index (χ0n) is 69.3. The maximum absolute atomic E-state index is 13.5. The number of alkyl halides is 3. The van der Waals surface area contributed by atoms with E-state index in [1.54, 1.807) is 24.3 Å². The van der Waals surface area contributed by atoms with Crippen LogP contribution in [0.15, 0.2) is 237 Å². The van der Waals surface area contributed by atoms with Crippen LogP contribution in [0.4, 0.5) is 93.2 Å². The second-order valence-electron chi connectivity index (χ2n) is 29.6. The number of fused-ring (bicyclic) bond motifs is 5. The molecule has 14 aromatic heterocycles. The Morgan fingerprint density at radius 2 is 0.646 bits per heavy atom. The highest BCUT2D eigenvalue weighted by Gasteiger charge is 2.33. The van der Waals surface area contributed by atoms with Crippen LogP contribution in [-0.4, -0.2) is 95.8 Å². The summed E-state index contributed by atoms with van der Waals surface area (Å²) in [5.74, 6) is 1.88. The van der Waals surface area contributed by atoms with Gasteiger partial charge in [0.15, 0.2) is 28.2 Å². The number of benzene rings is 6. The first-order valence-electron chi connectivity index (χ1n) is 39.6. The Bertz CT molecular complexity index is 7620. The van der Waals surface area contributed by atoms with E-state index in [1.165, 1.54) is 35.4 Å². The van der Waals surface area contributed by atoms with E-state index in [9.17, 15) is 35.1 Å². The third-order valence-corrected chi connectivity index (χ3v) is 22.0. The first-order valence-corrected chi connectivity index (χ1v) is 41.1. The van der Waals surface area contributed by atoms with Gasteiger partial charge in [0.05, 0.1) is 86.3 Å². The lowest BCUT2D eigenvalue weighted by Crippen LogP contribution is -2.08. The first kappa shape index (κ1) is 88.1. The highest BCUT2D eigenvalue weighted by molar-refractivity contribution is 6.34. The van der Waals surface area contributed by atoms with Crippen molar-refractivity contribution in [3.05, 3.63) is 331 Å². The second-order valence-corrected chi connectivity index (χ2v) is 31.3. The van der Waals surface area contributed by atoms with Gasteiger partial charge in [-0.1, -0.05) is 150 Å². The SMILES string of the molecule is Cc1cc(-c2ccccc2Cl)nc(Nc2[nH]nc3ncc(F)cc23)c1C.Cc1cc(Nc2[nH]nc3ncc(F)cc23)cc(-c2ccccc2)c1C.Cc1cc(Nc2[nH]nc3ncc(F)cc23)nc(-c2ccccc2Cl)c1.Cc1cc(Nc2[nH]nc3ncc(F)cc23)nc(-c2ccccc2Cl)c1C.Fc1cnc2n[nH]c(Nc3cc(C(F)(F)F)cc(-c4ccccc4Cl)n3)c2c1. The number of hydrogen-bond acceptors (Lipinski definition) is 19. The van der Waals surface area contributed by atoms with Crippen LogP contribution in [0.3, 0.4) is 0 Å². The number of pyridine rings is 9.